The lowest BCUT2D eigenvalue weighted by molar-refractivity contribution is -0.423. The summed E-state index contributed by atoms with van der Waals surface area (Å²) in [5.74, 6) is -2.00. The molecular formula is C7H8FNO3. The smallest absolute Gasteiger partial charge is 0.304 e. The van der Waals surface area contributed by atoms with Crippen LogP contribution in [-0.4, -0.2) is 10.0 Å². The minimum Gasteiger partial charge on any atom is -0.509 e. The Bertz CT molecular complexity index is 282. The van der Waals surface area contributed by atoms with Gasteiger partial charge in [-0.15, -0.1) is 0 Å². The fraction of sp³-hybridized carbons (Fsp3) is 0.429. The average Bonchev–Trinajstić information content (AvgIpc) is 2.00. The first-order chi connectivity index (χ1) is 5.54. The van der Waals surface area contributed by atoms with E-state index in [1.807, 2.05) is 0 Å². The maximum Gasteiger partial charge on any atom is 0.304 e. The third-order valence-electron chi connectivity index (χ3n) is 1.78. The van der Waals surface area contributed by atoms with Crippen LogP contribution in [0.5, 0.6) is 0 Å². The van der Waals surface area contributed by atoms with E-state index in [1.165, 1.54) is 6.08 Å². The first kappa shape index (κ1) is 8.70. The number of hydrogen-bond acceptors (Lipinski definition) is 3. The SMILES string of the molecule is CC1CC=C([N+](=O)[O-])C(F)=C1O. The minimum absolute atomic E-state index is 0.301. The van der Waals surface area contributed by atoms with Crippen molar-refractivity contribution in [3.05, 3.63) is 33.5 Å². The second-order valence-electron chi connectivity index (χ2n) is 2.68. The lowest BCUT2D eigenvalue weighted by atomic mass is 9.99. The van der Waals surface area contributed by atoms with Crippen LogP contribution in [0.25, 0.3) is 0 Å². The fourth-order valence-corrected chi connectivity index (χ4v) is 0.992. The molecule has 66 valence electrons. The van der Waals surface area contributed by atoms with Crippen LogP contribution in [0.1, 0.15) is 13.3 Å². The number of nitrogens with zero attached hydrogens (tertiary/aromatic N) is 1. The highest BCUT2D eigenvalue weighted by Gasteiger charge is 2.28. The van der Waals surface area contributed by atoms with E-state index in [2.05, 4.69) is 0 Å². The van der Waals surface area contributed by atoms with Crippen LogP contribution >= 0.6 is 0 Å². The molecule has 12 heavy (non-hydrogen) atoms. The second-order valence-corrected chi connectivity index (χ2v) is 2.68. The predicted octanol–water partition coefficient (Wildman–Crippen LogP) is 1.93. The monoisotopic (exact) mass is 173 g/mol. The Morgan fingerprint density at radius 1 is 1.83 bits per heavy atom. The lowest BCUT2D eigenvalue weighted by Gasteiger charge is -2.12. The Morgan fingerprint density at radius 2 is 2.42 bits per heavy atom. The maximum atomic E-state index is 12.9. The van der Waals surface area contributed by atoms with Crippen molar-refractivity contribution in [2.45, 2.75) is 13.3 Å². The van der Waals surface area contributed by atoms with E-state index in [9.17, 15) is 14.5 Å². The topological polar surface area (TPSA) is 63.4 Å². The van der Waals surface area contributed by atoms with E-state index in [0.29, 0.717) is 6.42 Å². The highest BCUT2D eigenvalue weighted by atomic mass is 19.1. The van der Waals surface area contributed by atoms with Crippen molar-refractivity contribution in [2.24, 2.45) is 5.92 Å². The van der Waals surface area contributed by atoms with E-state index in [-0.39, 0.29) is 5.92 Å². The molecule has 1 aliphatic carbocycles. The third-order valence-corrected chi connectivity index (χ3v) is 1.78. The van der Waals surface area contributed by atoms with Crippen LogP contribution in [0.4, 0.5) is 4.39 Å². The summed E-state index contributed by atoms with van der Waals surface area (Å²) in [6.07, 6.45) is 1.48. The molecule has 1 rings (SSSR count). The highest BCUT2D eigenvalue weighted by Crippen LogP contribution is 2.28. The number of halogens is 1. The molecule has 0 fully saturated rings. The summed E-state index contributed by atoms with van der Waals surface area (Å²) in [4.78, 5) is 9.33. The minimum atomic E-state index is -1.11. The van der Waals surface area contributed by atoms with Gasteiger partial charge in [0.25, 0.3) is 0 Å². The Hall–Kier alpha value is -1.39. The molecule has 4 nitrogen and oxygen atoms in total. The summed E-state index contributed by atoms with van der Waals surface area (Å²) in [5.41, 5.74) is -0.634. The standard InChI is InChI=1S/C7H8FNO3/c1-4-2-3-5(9(11)12)6(8)7(4)10/h3-4,10H,2H2,1H3. The summed E-state index contributed by atoms with van der Waals surface area (Å²) in [7, 11) is 0. The molecule has 0 bridgehead atoms. The maximum absolute atomic E-state index is 12.9. The number of aliphatic hydroxyl groups is 1. The van der Waals surface area contributed by atoms with Crippen LogP contribution in [0.2, 0.25) is 0 Å². The van der Waals surface area contributed by atoms with Gasteiger partial charge in [-0.3, -0.25) is 10.1 Å². The first-order valence-electron chi connectivity index (χ1n) is 3.47. The molecule has 0 aromatic heterocycles. The van der Waals surface area contributed by atoms with Crippen LogP contribution in [-0.2, 0) is 0 Å². The van der Waals surface area contributed by atoms with Gasteiger partial charge in [-0.2, -0.15) is 4.39 Å². The van der Waals surface area contributed by atoms with E-state index in [0.717, 1.165) is 0 Å². The zero-order valence-corrected chi connectivity index (χ0v) is 6.45. The lowest BCUT2D eigenvalue weighted by Crippen LogP contribution is -2.11. The molecule has 0 saturated carbocycles. The van der Waals surface area contributed by atoms with Gasteiger partial charge in [0.1, 0.15) is 5.76 Å². The zero-order valence-electron chi connectivity index (χ0n) is 6.45. The highest BCUT2D eigenvalue weighted by molar-refractivity contribution is 5.26. The van der Waals surface area contributed by atoms with Crippen molar-refractivity contribution < 1.29 is 14.4 Å². The van der Waals surface area contributed by atoms with Gasteiger partial charge < -0.3 is 5.11 Å². The quantitative estimate of drug-likeness (QED) is 0.486. The summed E-state index contributed by atoms with van der Waals surface area (Å²) >= 11 is 0. The van der Waals surface area contributed by atoms with Crippen molar-refractivity contribution in [2.75, 3.05) is 0 Å². The van der Waals surface area contributed by atoms with Gasteiger partial charge in [0.05, 0.1) is 4.92 Å². The van der Waals surface area contributed by atoms with Crippen molar-refractivity contribution in [3.63, 3.8) is 0 Å². The molecule has 0 spiro atoms. The number of rotatable bonds is 1. The van der Waals surface area contributed by atoms with Crippen LogP contribution in [0.15, 0.2) is 23.4 Å². The van der Waals surface area contributed by atoms with Crippen molar-refractivity contribution in [1.29, 1.82) is 0 Å². The van der Waals surface area contributed by atoms with E-state index < -0.39 is 22.2 Å². The largest absolute Gasteiger partial charge is 0.509 e. The molecule has 1 N–H and O–H groups in total. The number of aliphatic hydroxyl groups excluding tert-OH is 1. The van der Waals surface area contributed by atoms with Gasteiger partial charge in [0.15, 0.2) is 0 Å². The van der Waals surface area contributed by atoms with Gasteiger partial charge in [0.2, 0.25) is 5.83 Å². The number of nitro groups is 1. The Labute approximate surface area is 68.2 Å². The molecule has 0 amide bonds. The molecular weight excluding hydrogens is 165 g/mol. The van der Waals surface area contributed by atoms with Gasteiger partial charge in [-0.1, -0.05) is 6.92 Å². The van der Waals surface area contributed by atoms with Crippen LogP contribution in [0.3, 0.4) is 0 Å². The molecule has 5 heteroatoms. The van der Waals surface area contributed by atoms with Gasteiger partial charge >= 0.3 is 5.70 Å². The van der Waals surface area contributed by atoms with Crippen LogP contribution < -0.4 is 0 Å². The van der Waals surface area contributed by atoms with Crippen molar-refractivity contribution in [1.82, 2.24) is 0 Å². The summed E-state index contributed by atoms with van der Waals surface area (Å²) < 4.78 is 12.9. The second kappa shape index (κ2) is 2.92. The molecule has 0 aromatic rings. The fourth-order valence-electron chi connectivity index (χ4n) is 0.992. The average molecular weight is 173 g/mol. The van der Waals surface area contributed by atoms with Gasteiger partial charge in [0, 0.05) is 5.92 Å². The van der Waals surface area contributed by atoms with Gasteiger partial charge in [-0.25, -0.2) is 0 Å². The molecule has 0 saturated heterocycles. The first-order valence-corrected chi connectivity index (χ1v) is 3.47. The molecule has 1 unspecified atom stereocenters. The molecule has 1 aliphatic rings. The molecule has 0 heterocycles. The van der Waals surface area contributed by atoms with Crippen molar-refractivity contribution in [3.8, 4) is 0 Å². The molecule has 0 aliphatic heterocycles. The summed E-state index contributed by atoms with van der Waals surface area (Å²) in [6, 6.07) is 0. The zero-order chi connectivity index (χ0) is 9.30. The third kappa shape index (κ3) is 1.30. The Balaban J connectivity index is 3.03. The summed E-state index contributed by atoms with van der Waals surface area (Å²) in [6.45, 7) is 1.60. The normalized spacial score (nSPS) is 23.8. The Morgan fingerprint density at radius 3 is 2.92 bits per heavy atom. The predicted molar refractivity (Wildman–Crippen MR) is 39.6 cm³/mol. The van der Waals surface area contributed by atoms with Gasteiger partial charge in [-0.05, 0) is 12.5 Å². The van der Waals surface area contributed by atoms with E-state index in [1.54, 1.807) is 6.92 Å². The van der Waals surface area contributed by atoms with E-state index in [4.69, 9.17) is 5.11 Å². The summed E-state index contributed by atoms with van der Waals surface area (Å²) in [5, 5.41) is 19.2. The van der Waals surface area contributed by atoms with Crippen molar-refractivity contribution >= 4 is 0 Å². The number of allylic oxidation sites excluding steroid dienone is 3. The number of hydrogen-bond donors (Lipinski definition) is 1. The molecule has 0 aromatic carbocycles. The molecule has 0 radical (unpaired) electrons. The molecule has 1 atom stereocenters. The van der Waals surface area contributed by atoms with E-state index >= 15 is 0 Å². The van der Waals surface area contributed by atoms with Crippen LogP contribution in [0, 0.1) is 16.0 Å². The Kier molecular flexibility index (Phi) is 2.12.